The zero-order valence-corrected chi connectivity index (χ0v) is 9.97. The van der Waals surface area contributed by atoms with E-state index in [2.05, 4.69) is 30.8 Å². The molecule has 0 spiro atoms. The van der Waals surface area contributed by atoms with Crippen LogP contribution in [0.25, 0.3) is 10.9 Å². The van der Waals surface area contributed by atoms with Gasteiger partial charge in [0.2, 0.25) is 5.91 Å². The summed E-state index contributed by atoms with van der Waals surface area (Å²) in [5, 5.41) is 8.13. The van der Waals surface area contributed by atoms with Gasteiger partial charge in [-0.3, -0.25) is 9.48 Å². The van der Waals surface area contributed by atoms with Gasteiger partial charge in [0.1, 0.15) is 0 Å². The molecule has 0 bridgehead atoms. The number of carbonyl (C=O) groups is 1. The molecule has 0 fully saturated rings. The number of aromatic nitrogens is 2. The van der Waals surface area contributed by atoms with E-state index in [4.69, 9.17) is 0 Å². The summed E-state index contributed by atoms with van der Waals surface area (Å²) in [5.41, 5.74) is 1.77. The lowest BCUT2D eigenvalue weighted by atomic mass is 10.2. The quantitative estimate of drug-likeness (QED) is 0.822. The maximum Gasteiger partial charge on any atom is 0.247 e. The van der Waals surface area contributed by atoms with Crippen molar-refractivity contribution in [2.75, 3.05) is 5.32 Å². The molecular weight excluding hydrogens is 214 g/mol. The summed E-state index contributed by atoms with van der Waals surface area (Å²) >= 11 is 0. The Morgan fingerprint density at radius 1 is 1.53 bits per heavy atom. The number of carbonyl (C=O) groups excluding carboxylic acids is 1. The first-order valence-electron chi connectivity index (χ1n) is 5.52. The second-order valence-corrected chi connectivity index (χ2v) is 4.15. The fraction of sp³-hybridized carbons (Fsp3) is 0.231. The highest BCUT2D eigenvalue weighted by Gasteiger charge is 2.07. The molecule has 4 heteroatoms. The summed E-state index contributed by atoms with van der Waals surface area (Å²) in [4.78, 5) is 11.2. The molecular formula is C13H15N3O. The molecule has 1 heterocycles. The zero-order chi connectivity index (χ0) is 12.4. The molecule has 1 aromatic heterocycles. The highest BCUT2D eigenvalue weighted by Crippen LogP contribution is 2.21. The van der Waals surface area contributed by atoms with Crippen LogP contribution in [-0.4, -0.2) is 15.7 Å². The summed E-state index contributed by atoms with van der Waals surface area (Å²) in [5.74, 6) is -0.208. The first kappa shape index (κ1) is 11.4. The number of hydrogen-bond donors (Lipinski definition) is 1. The summed E-state index contributed by atoms with van der Waals surface area (Å²) in [6.07, 6.45) is 3.08. The molecule has 1 N–H and O–H groups in total. The van der Waals surface area contributed by atoms with Crippen LogP contribution in [0.3, 0.4) is 0 Å². The van der Waals surface area contributed by atoms with Gasteiger partial charge in [0.15, 0.2) is 0 Å². The van der Waals surface area contributed by atoms with E-state index in [9.17, 15) is 4.79 Å². The van der Waals surface area contributed by atoms with E-state index in [1.807, 2.05) is 29.1 Å². The van der Waals surface area contributed by atoms with Crippen LogP contribution >= 0.6 is 0 Å². The van der Waals surface area contributed by atoms with Gasteiger partial charge in [-0.05, 0) is 38.1 Å². The summed E-state index contributed by atoms with van der Waals surface area (Å²) in [6.45, 7) is 7.57. The van der Waals surface area contributed by atoms with Gasteiger partial charge in [-0.25, -0.2) is 0 Å². The lowest BCUT2D eigenvalue weighted by molar-refractivity contribution is -0.111. The molecule has 0 atom stereocenters. The second-order valence-electron chi connectivity index (χ2n) is 4.15. The number of rotatable bonds is 3. The van der Waals surface area contributed by atoms with E-state index in [1.165, 1.54) is 6.08 Å². The van der Waals surface area contributed by atoms with Gasteiger partial charge in [0, 0.05) is 17.1 Å². The van der Waals surface area contributed by atoms with Crippen molar-refractivity contribution in [3.63, 3.8) is 0 Å². The van der Waals surface area contributed by atoms with Crippen molar-refractivity contribution in [1.82, 2.24) is 9.78 Å². The zero-order valence-electron chi connectivity index (χ0n) is 9.97. The number of anilines is 1. The van der Waals surface area contributed by atoms with Crippen molar-refractivity contribution in [2.45, 2.75) is 19.9 Å². The molecule has 0 aliphatic rings. The molecule has 88 valence electrons. The van der Waals surface area contributed by atoms with Crippen molar-refractivity contribution in [2.24, 2.45) is 0 Å². The predicted octanol–water partition coefficient (Wildman–Crippen LogP) is 2.74. The molecule has 4 nitrogen and oxygen atoms in total. The Labute approximate surface area is 99.9 Å². The molecule has 2 aromatic rings. The van der Waals surface area contributed by atoms with Crippen LogP contribution in [-0.2, 0) is 4.79 Å². The lowest BCUT2D eigenvalue weighted by Crippen LogP contribution is -2.07. The van der Waals surface area contributed by atoms with Crippen molar-refractivity contribution in [3.05, 3.63) is 37.1 Å². The minimum Gasteiger partial charge on any atom is -0.322 e. The van der Waals surface area contributed by atoms with Crippen LogP contribution in [0.4, 0.5) is 5.69 Å². The predicted molar refractivity (Wildman–Crippen MR) is 68.9 cm³/mol. The fourth-order valence-electron chi connectivity index (χ4n) is 1.72. The highest BCUT2D eigenvalue weighted by molar-refractivity contribution is 6.00. The molecule has 17 heavy (non-hydrogen) atoms. The first-order chi connectivity index (χ1) is 8.11. The molecule has 1 aromatic carbocycles. The third-order valence-electron chi connectivity index (χ3n) is 2.54. The van der Waals surface area contributed by atoms with E-state index in [-0.39, 0.29) is 11.9 Å². The lowest BCUT2D eigenvalue weighted by Gasteiger charge is -2.08. The van der Waals surface area contributed by atoms with Gasteiger partial charge < -0.3 is 5.32 Å². The topological polar surface area (TPSA) is 46.9 Å². The highest BCUT2D eigenvalue weighted by atomic mass is 16.1. The Hall–Kier alpha value is -2.10. The number of nitrogens with one attached hydrogen (secondary N) is 1. The molecule has 2 rings (SSSR count). The van der Waals surface area contributed by atoms with E-state index in [0.29, 0.717) is 0 Å². The van der Waals surface area contributed by atoms with Crippen LogP contribution in [0.5, 0.6) is 0 Å². The van der Waals surface area contributed by atoms with Crippen LogP contribution < -0.4 is 5.32 Å². The molecule has 0 radical (unpaired) electrons. The van der Waals surface area contributed by atoms with E-state index in [1.54, 1.807) is 0 Å². The third-order valence-corrected chi connectivity index (χ3v) is 2.54. The Bertz CT molecular complexity index is 569. The van der Waals surface area contributed by atoms with E-state index in [0.717, 1.165) is 16.6 Å². The Kier molecular flexibility index (Phi) is 2.95. The van der Waals surface area contributed by atoms with Crippen molar-refractivity contribution >= 4 is 22.5 Å². The second kappa shape index (κ2) is 4.41. The van der Waals surface area contributed by atoms with E-state index >= 15 is 0 Å². The maximum absolute atomic E-state index is 11.2. The third kappa shape index (κ3) is 2.20. The standard InChI is InChI=1S/C13H15N3O/c1-4-13(17)15-11-6-5-10-8-14-16(9(2)3)12(10)7-11/h4-9H,1H2,2-3H3,(H,15,17). The van der Waals surface area contributed by atoms with Crippen molar-refractivity contribution in [3.8, 4) is 0 Å². The molecule has 0 aliphatic carbocycles. The van der Waals surface area contributed by atoms with Crippen LogP contribution in [0, 0.1) is 0 Å². The average Bonchev–Trinajstić information content (AvgIpc) is 2.71. The Morgan fingerprint density at radius 2 is 2.29 bits per heavy atom. The number of hydrogen-bond acceptors (Lipinski definition) is 2. The number of benzene rings is 1. The smallest absolute Gasteiger partial charge is 0.247 e. The molecule has 0 saturated carbocycles. The summed E-state index contributed by atoms with van der Waals surface area (Å²) in [6, 6.07) is 6.01. The number of fused-ring (bicyclic) bond motifs is 1. The van der Waals surface area contributed by atoms with Gasteiger partial charge in [0.05, 0.1) is 11.7 Å². The summed E-state index contributed by atoms with van der Waals surface area (Å²) in [7, 11) is 0. The fourth-order valence-corrected chi connectivity index (χ4v) is 1.72. The Balaban J connectivity index is 2.44. The molecule has 0 unspecified atom stereocenters. The maximum atomic E-state index is 11.2. The SMILES string of the molecule is C=CC(=O)Nc1ccc2cnn(C(C)C)c2c1. The molecule has 0 aliphatic heterocycles. The van der Waals surface area contributed by atoms with Crippen molar-refractivity contribution < 1.29 is 4.79 Å². The monoisotopic (exact) mass is 229 g/mol. The van der Waals surface area contributed by atoms with Gasteiger partial charge >= 0.3 is 0 Å². The van der Waals surface area contributed by atoms with Crippen LogP contribution in [0.1, 0.15) is 19.9 Å². The van der Waals surface area contributed by atoms with Gasteiger partial charge in [-0.2, -0.15) is 5.10 Å². The van der Waals surface area contributed by atoms with Gasteiger partial charge in [-0.15, -0.1) is 0 Å². The first-order valence-corrected chi connectivity index (χ1v) is 5.52. The normalized spacial score (nSPS) is 10.8. The molecule has 1 amide bonds. The van der Waals surface area contributed by atoms with Gasteiger partial charge in [0.25, 0.3) is 0 Å². The average molecular weight is 229 g/mol. The van der Waals surface area contributed by atoms with Crippen LogP contribution in [0.2, 0.25) is 0 Å². The number of nitrogens with zero attached hydrogens (tertiary/aromatic N) is 2. The minimum absolute atomic E-state index is 0.208. The molecule has 0 saturated heterocycles. The van der Waals surface area contributed by atoms with E-state index < -0.39 is 0 Å². The van der Waals surface area contributed by atoms with Crippen LogP contribution in [0.15, 0.2) is 37.1 Å². The largest absolute Gasteiger partial charge is 0.322 e. The Morgan fingerprint density at radius 3 is 2.94 bits per heavy atom. The number of amides is 1. The minimum atomic E-state index is -0.208. The van der Waals surface area contributed by atoms with Crippen molar-refractivity contribution in [1.29, 1.82) is 0 Å². The summed E-state index contributed by atoms with van der Waals surface area (Å²) < 4.78 is 1.93. The van der Waals surface area contributed by atoms with Gasteiger partial charge in [-0.1, -0.05) is 6.58 Å².